The number of nitrogens with zero attached hydrogens (tertiary/aromatic N) is 1. The molecule has 0 aliphatic carbocycles. The summed E-state index contributed by atoms with van der Waals surface area (Å²) in [5, 5.41) is 5.20. The molecule has 2 aliphatic rings. The summed E-state index contributed by atoms with van der Waals surface area (Å²) in [7, 11) is 0. The van der Waals surface area contributed by atoms with Crippen LogP contribution in [-0.2, 0) is 9.53 Å². The monoisotopic (exact) mass is 470 g/mol. The van der Waals surface area contributed by atoms with E-state index in [9.17, 15) is 9.59 Å². The second-order valence-electron chi connectivity index (χ2n) is 10.8. The summed E-state index contributed by atoms with van der Waals surface area (Å²) in [6.07, 6.45) is 6.63. The quantitative estimate of drug-likeness (QED) is 0.582. The molecule has 186 valence electrons. The van der Waals surface area contributed by atoms with Gasteiger partial charge in [0.25, 0.3) is 0 Å². The maximum atomic E-state index is 12.4. The first kappa shape index (κ1) is 25.7. The number of aliphatic imine (C=N–C) groups is 1. The van der Waals surface area contributed by atoms with Gasteiger partial charge in [0.05, 0.1) is 12.0 Å². The van der Waals surface area contributed by atoms with Crippen LogP contribution in [0.15, 0.2) is 29.3 Å². The number of ether oxygens (including phenoxy) is 2. The Morgan fingerprint density at radius 3 is 2.79 bits per heavy atom. The minimum Gasteiger partial charge on any atom is -0.487 e. The van der Waals surface area contributed by atoms with Crippen LogP contribution in [0.25, 0.3) is 6.08 Å². The van der Waals surface area contributed by atoms with Crippen molar-refractivity contribution in [3.63, 3.8) is 0 Å². The van der Waals surface area contributed by atoms with E-state index in [-0.39, 0.29) is 29.9 Å². The van der Waals surface area contributed by atoms with Crippen LogP contribution in [0.1, 0.15) is 90.8 Å². The third-order valence-corrected chi connectivity index (χ3v) is 5.99. The Kier molecular flexibility index (Phi) is 7.41. The first-order valence-corrected chi connectivity index (χ1v) is 11.9. The van der Waals surface area contributed by atoms with Gasteiger partial charge in [0, 0.05) is 18.0 Å². The molecule has 8 heteroatoms. The van der Waals surface area contributed by atoms with Crippen molar-refractivity contribution in [3.8, 4) is 5.75 Å². The molecule has 34 heavy (non-hydrogen) atoms. The third kappa shape index (κ3) is 6.82. The molecule has 1 aromatic rings. The molecule has 0 saturated heterocycles. The van der Waals surface area contributed by atoms with Gasteiger partial charge in [0.15, 0.2) is 0 Å². The van der Waals surface area contributed by atoms with Crippen molar-refractivity contribution in [2.24, 2.45) is 10.7 Å². The van der Waals surface area contributed by atoms with E-state index in [1.165, 1.54) is 0 Å². The number of hydrogen-bond donors (Lipinski definition) is 3. The van der Waals surface area contributed by atoms with Gasteiger partial charge in [-0.1, -0.05) is 25.1 Å². The average molecular weight is 471 g/mol. The Balaban J connectivity index is 1.65. The van der Waals surface area contributed by atoms with Gasteiger partial charge < -0.3 is 15.2 Å². The second-order valence-corrected chi connectivity index (χ2v) is 10.8. The number of nitrogens with one attached hydrogen (secondary N) is 2. The van der Waals surface area contributed by atoms with Gasteiger partial charge in [-0.3, -0.25) is 15.4 Å². The van der Waals surface area contributed by atoms with Crippen molar-refractivity contribution >= 4 is 24.0 Å². The standard InChI is InChI=1S/C26H38N4O4/c1-7-26(16-21(31)28-22(30-26)29-23(32)34-24(2,3)4)13-9-8-10-17-11-12-20-18(14-17)19(27)15-25(5,6)33-20/h8,10-12,14,19H,7,9,13,15-16,27H2,1-6H3,(H2,28,29,30,31,32)/b10-8+/t19-,26?/m0/s1. The van der Waals surface area contributed by atoms with Crippen LogP contribution in [0.5, 0.6) is 5.75 Å². The lowest BCUT2D eigenvalue weighted by Gasteiger charge is -2.36. The van der Waals surface area contributed by atoms with Crippen LogP contribution >= 0.6 is 0 Å². The predicted octanol–water partition coefficient (Wildman–Crippen LogP) is 4.59. The van der Waals surface area contributed by atoms with E-state index in [0.717, 1.165) is 29.7 Å². The minimum atomic E-state index is -0.642. The average Bonchev–Trinajstić information content (AvgIpc) is 2.69. The van der Waals surface area contributed by atoms with Crippen LogP contribution < -0.4 is 21.1 Å². The Bertz CT molecular complexity index is 993. The Morgan fingerprint density at radius 1 is 1.38 bits per heavy atom. The van der Waals surface area contributed by atoms with Gasteiger partial charge in [-0.05, 0) is 71.6 Å². The molecule has 1 aromatic carbocycles. The molecule has 3 rings (SSSR count). The fourth-order valence-electron chi connectivity index (χ4n) is 4.37. The fourth-order valence-corrected chi connectivity index (χ4v) is 4.37. The molecular weight excluding hydrogens is 432 g/mol. The summed E-state index contributed by atoms with van der Waals surface area (Å²) in [4.78, 5) is 29.2. The van der Waals surface area contributed by atoms with Gasteiger partial charge in [-0.25, -0.2) is 9.79 Å². The summed E-state index contributed by atoms with van der Waals surface area (Å²) in [5.41, 5.74) is 6.98. The summed E-state index contributed by atoms with van der Waals surface area (Å²) in [5.74, 6) is 0.819. The number of rotatable bonds is 5. The highest BCUT2D eigenvalue weighted by atomic mass is 16.6. The fraction of sp³-hybridized carbons (Fsp3) is 0.577. The zero-order valence-corrected chi connectivity index (χ0v) is 21.2. The van der Waals surface area contributed by atoms with Gasteiger partial charge in [0.1, 0.15) is 17.0 Å². The predicted molar refractivity (Wildman–Crippen MR) is 134 cm³/mol. The third-order valence-electron chi connectivity index (χ3n) is 5.99. The number of fused-ring (bicyclic) bond motifs is 1. The molecule has 0 bridgehead atoms. The molecule has 0 saturated carbocycles. The highest BCUT2D eigenvalue weighted by molar-refractivity contribution is 6.05. The number of allylic oxidation sites excluding steroid dienone is 1. The maximum Gasteiger partial charge on any atom is 0.414 e. The first-order chi connectivity index (χ1) is 15.8. The topological polar surface area (TPSA) is 115 Å². The summed E-state index contributed by atoms with van der Waals surface area (Å²) in [6.45, 7) is 11.4. The van der Waals surface area contributed by atoms with Crippen molar-refractivity contribution in [1.29, 1.82) is 0 Å². The highest BCUT2D eigenvalue weighted by Gasteiger charge is 2.35. The smallest absolute Gasteiger partial charge is 0.414 e. The molecule has 2 aliphatic heterocycles. The van der Waals surface area contributed by atoms with Gasteiger partial charge in [-0.2, -0.15) is 0 Å². The molecule has 2 amide bonds. The Labute approximate surface area is 202 Å². The van der Waals surface area contributed by atoms with Crippen LogP contribution in [-0.4, -0.2) is 34.7 Å². The Hall–Kier alpha value is -2.87. The zero-order valence-electron chi connectivity index (χ0n) is 21.2. The highest BCUT2D eigenvalue weighted by Crippen LogP contribution is 2.38. The number of carbonyl (C=O) groups excluding carboxylic acids is 2. The molecule has 0 radical (unpaired) electrons. The number of amides is 2. The molecule has 0 fully saturated rings. The summed E-state index contributed by atoms with van der Waals surface area (Å²) < 4.78 is 11.3. The van der Waals surface area contributed by atoms with E-state index in [0.29, 0.717) is 12.8 Å². The molecule has 0 aromatic heterocycles. The number of carbonyl (C=O) groups is 2. The van der Waals surface area contributed by atoms with Crippen LogP contribution in [0.2, 0.25) is 0 Å². The van der Waals surface area contributed by atoms with Crippen molar-refractivity contribution in [2.75, 3.05) is 0 Å². The lowest BCUT2D eigenvalue weighted by Crippen LogP contribution is -2.52. The van der Waals surface area contributed by atoms with Crippen LogP contribution in [0.4, 0.5) is 4.79 Å². The van der Waals surface area contributed by atoms with Gasteiger partial charge in [0.2, 0.25) is 11.9 Å². The number of alkyl carbamates (subject to hydrolysis) is 1. The van der Waals surface area contributed by atoms with E-state index in [2.05, 4.69) is 47.7 Å². The normalized spacial score (nSPS) is 24.0. The lowest BCUT2D eigenvalue weighted by molar-refractivity contribution is -0.121. The lowest BCUT2D eigenvalue weighted by atomic mass is 9.86. The molecule has 2 heterocycles. The van der Waals surface area contributed by atoms with E-state index >= 15 is 0 Å². The zero-order chi connectivity index (χ0) is 25.1. The Morgan fingerprint density at radius 2 is 2.12 bits per heavy atom. The molecule has 8 nitrogen and oxygen atoms in total. The minimum absolute atomic E-state index is 0.0542. The number of benzene rings is 1. The summed E-state index contributed by atoms with van der Waals surface area (Å²) in [6, 6.07) is 6.03. The van der Waals surface area contributed by atoms with E-state index in [4.69, 9.17) is 15.2 Å². The maximum absolute atomic E-state index is 12.4. The van der Waals surface area contributed by atoms with Crippen molar-refractivity contribution in [1.82, 2.24) is 10.6 Å². The molecule has 4 N–H and O–H groups in total. The number of nitrogens with two attached hydrogens (primary N) is 1. The summed E-state index contributed by atoms with van der Waals surface area (Å²) >= 11 is 0. The van der Waals surface area contributed by atoms with Crippen molar-refractivity contribution in [2.45, 2.75) is 96.4 Å². The SMILES string of the molecule is CCC1(CC/C=C/c2ccc3c(c2)[C@@H](N)CC(C)(C)O3)CC(=O)NC(NC(=O)OC(C)(C)C)=N1. The largest absolute Gasteiger partial charge is 0.487 e. The van der Waals surface area contributed by atoms with E-state index in [1.54, 1.807) is 20.8 Å². The number of hydrogen-bond acceptors (Lipinski definition) is 6. The van der Waals surface area contributed by atoms with Gasteiger partial charge in [-0.15, -0.1) is 0 Å². The van der Waals surface area contributed by atoms with Crippen molar-refractivity contribution < 1.29 is 19.1 Å². The van der Waals surface area contributed by atoms with Crippen LogP contribution in [0, 0.1) is 0 Å². The van der Waals surface area contributed by atoms with E-state index in [1.807, 2.05) is 19.1 Å². The second kappa shape index (κ2) is 9.78. The first-order valence-electron chi connectivity index (χ1n) is 11.9. The van der Waals surface area contributed by atoms with Crippen LogP contribution in [0.3, 0.4) is 0 Å². The molecule has 2 atom stereocenters. The molecule has 0 spiro atoms. The molecular formula is C26H38N4O4. The number of guanidine groups is 1. The molecule has 1 unspecified atom stereocenters. The van der Waals surface area contributed by atoms with Crippen molar-refractivity contribution in [3.05, 3.63) is 35.4 Å². The van der Waals surface area contributed by atoms with Gasteiger partial charge >= 0.3 is 6.09 Å². The van der Waals surface area contributed by atoms with E-state index < -0.39 is 17.2 Å².